The predicted octanol–water partition coefficient (Wildman–Crippen LogP) is 4.56. The monoisotopic (exact) mass is 416 g/mol. The summed E-state index contributed by atoms with van der Waals surface area (Å²) in [6.07, 6.45) is 0. The van der Waals surface area contributed by atoms with Crippen LogP contribution in [0, 0.1) is 10.1 Å². The quantitative estimate of drug-likeness (QED) is 0.448. The number of nitrogens with one attached hydrogen (secondary N) is 1. The van der Waals surface area contributed by atoms with Gasteiger partial charge in [-0.3, -0.25) is 14.8 Å². The maximum absolute atomic E-state index is 12.7. The van der Waals surface area contributed by atoms with Gasteiger partial charge in [-0.2, -0.15) is 0 Å². The number of para-hydroxylation sites is 2. The Morgan fingerprint density at radius 3 is 2.36 bits per heavy atom. The highest BCUT2D eigenvalue weighted by atomic mass is 32.2. The van der Waals surface area contributed by atoms with Crippen molar-refractivity contribution in [2.24, 2.45) is 0 Å². The molecule has 0 aromatic heterocycles. The third-order valence-electron chi connectivity index (χ3n) is 3.75. The fraction of sp³-hybridized carbons (Fsp3) is 0.0526. The van der Waals surface area contributed by atoms with E-state index in [0.29, 0.717) is 16.3 Å². The zero-order chi connectivity index (χ0) is 20.1. The van der Waals surface area contributed by atoms with E-state index in [1.807, 2.05) is 0 Å². The summed E-state index contributed by atoms with van der Waals surface area (Å²) >= 11 is 1.31. The fourth-order valence-corrected chi connectivity index (χ4v) is 4.48. The molecule has 0 atom stereocenters. The average Bonchev–Trinajstić information content (AvgIpc) is 2.69. The van der Waals surface area contributed by atoms with Gasteiger partial charge in [0, 0.05) is 21.9 Å². The highest BCUT2D eigenvalue weighted by Gasteiger charge is 2.17. The summed E-state index contributed by atoms with van der Waals surface area (Å²) in [6, 6.07) is 19.3. The van der Waals surface area contributed by atoms with Crippen molar-refractivity contribution >= 4 is 33.2 Å². The largest absolute Gasteiger partial charge is 0.495 e. The molecule has 3 rings (SSSR count). The van der Waals surface area contributed by atoms with Gasteiger partial charge in [-0.05, 0) is 42.5 Å². The summed E-state index contributed by atoms with van der Waals surface area (Å²) < 4.78 is 33.2. The van der Waals surface area contributed by atoms with E-state index < -0.39 is 14.9 Å². The van der Waals surface area contributed by atoms with E-state index in [0.717, 1.165) is 4.90 Å². The van der Waals surface area contributed by atoms with Crippen molar-refractivity contribution in [3.05, 3.63) is 82.9 Å². The molecule has 0 saturated carbocycles. The van der Waals surface area contributed by atoms with Gasteiger partial charge in [-0.15, -0.1) is 0 Å². The Labute approximate surface area is 166 Å². The minimum Gasteiger partial charge on any atom is -0.495 e. The van der Waals surface area contributed by atoms with Crippen LogP contribution in [0.25, 0.3) is 0 Å². The Bertz CT molecular complexity index is 1100. The number of nitrogens with zero attached hydrogens (tertiary/aromatic N) is 1. The summed E-state index contributed by atoms with van der Waals surface area (Å²) in [4.78, 5) is 11.8. The van der Waals surface area contributed by atoms with Crippen LogP contribution in [-0.2, 0) is 10.0 Å². The first-order chi connectivity index (χ1) is 13.4. The van der Waals surface area contributed by atoms with Crippen LogP contribution in [0.3, 0.4) is 0 Å². The van der Waals surface area contributed by atoms with Crippen molar-refractivity contribution in [3.63, 3.8) is 0 Å². The summed E-state index contributed by atoms with van der Waals surface area (Å²) in [5, 5.41) is 10.7. The van der Waals surface area contributed by atoms with Gasteiger partial charge >= 0.3 is 0 Å². The molecule has 3 aromatic carbocycles. The molecule has 28 heavy (non-hydrogen) atoms. The number of rotatable bonds is 7. The summed E-state index contributed by atoms with van der Waals surface area (Å²) in [7, 11) is -2.34. The van der Waals surface area contributed by atoms with Crippen molar-refractivity contribution < 1.29 is 18.1 Å². The lowest BCUT2D eigenvalue weighted by Crippen LogP contribution is -2.13. The van der Waals surface area contributed by atoms with Crippen molar-refractivity contribution in [1.82, 2.24) is 0 Å². The van der Waals surface area contributed by atoms with Gasteiger partial charge < -0.3 is 4.74 Å². The van der Waals surface area contributed by atoms with E-state index in [1.165, 1.54) is 37.1 Å². The van der Waals surface area contributed by atoms with E-state index in [9.17, 15) is 18.5 Å². The summed E-state index contributed by atoms with van der Waals surface area (Å²) in [5.74, 6) is 0.419. The number of sulfonamides is 1. The van der Waals surface area contributed by atoms with Gasteiger partial charge in [-0.25, -0.2) is 8.42 Å². The molecule has 0 unspecified atom stereocenters. The minimum atomic E-state index is -3.81. The third-order valence-corrected chi connectivity index (χ3v) is 6.11. The number of benzene rings is 3. The van der Waals surface area contributed by atoms with Crippen molar-refractivity contribution in [2.75, 3.05) is 11.8 Å². The highest BCUT2D eigenvalue weighted by molar-refractivity contribution is 7.99. The fourth-order valence-electron chi connectivity index (χ4n) is 2.41. The molecular weight excluding hydrogens is 400 g/mol. The molecule has 0 aliphatic carbocycles. The van der Waals surface area contributed by atoms with Crippen LogP contribution in [0.15, 0.2) is 87.5 Å². The second-order valence-corrected chi connectivity index (χ2v) is 8.46. The van der Waals surface area contributed by atoms with Gasteiger partial charge in [-0.1, -0.05) is 30.0 Å². The molecule has 0 bridgehead atoms. The number of anilines is 1. The number of hydrogen-bond donors (Lipinski definition) is 1. The molecule has 144 valence electrons. The summed E-state index contributed by atoms with van der Waals surface area (Å²) in [5.41, 5.74) is 0.347. The van der Waals surface area contributed by atoms with Crippen LogP contribution in [0.1, 0.15) is 0 Å². The second-order valence-electron chi connectivity index (χ2n) is 5.63. The van der Waals surface area contributed by atoms with E-state index in [1.54, 1.807) is 54.6 Å². The number of methoxy groups -OCH3 is 1. The Morgan fingerprint density at radius 1 is 0.964 bits per heavy atom. The average molecular weight is 416 g/mol. The van der Waals surface area contributed by atoms with Gasteiger partial charge in [0.25, 0.3) is 15.7 Å². The standard InChI is InChI=1S/C19H16N2O5S2/c1-26-19-8-3-2-7-18(19)20-28(24,25)17-6-4-5-16(13-17)27-15-11-9-14(10-12-15)21(22)23/h2-13,20H,1H3. The van der Waals surface area contributed by atoms with Crippen LogP contribution in [0.4, 0.5) is 11.4 Å². The van der Waals surface area contributed by atoms with E-state index >= 15 is 0 Å². The third kappa shape index (κ3) is 4.62. The smallest absolute Gasteiger partial charge is 0.269 e. The van der Waals surface area contributed by atoms with Gasteiger partial charge in [0.05, 0.1) is 22.6 Å². The van der Waals surface area contributed by atoms with Crippen LogP contribution < -0.4 is 9.46 Å². The summed E-state index contributed by atoms with van der Waals surface area (Å²) in [6.45, 7) is 0. The van der Waals surface area contributed by atoms with Crippen LogP contribution in [0.5, 0.6) is 5.75 Å². The normalized spacial score (nSPS) is 11.0. The van der Waals surface area contributed by atoms with Crippen molar-refractivity contribution in [2.45, 2.75) is 14.7 Å². The lowest BCUT2D eigenvalue weighted by atomic mass is 10.3. The molecule has 9 heteroatoms. The molecule has 0 aliphatic rings. The first-order valence-corrected chi connectivity index (χ1v) is 10.4. The maximum atomic E-state index is 12.7. The number of nitro benzene ring substituents is 1. The first kappa shape index (κ1) is 19.7. The number of nitro groups is 1. The zero-order valence-electron chi connectivity index (χ0n) is 14.7. The van der Waals surface area contributed by atoms with Gasteiger partial charge in [0.1, 0.15) is 5.75 Å². The number of ether oxygens (including phenoxy) is 1. The lowest BCUT2D eigenvalue weighted by molar-refractivity contribution is -0.384. The highest BCUT2D eigenvalue weighted by Crippen LogP contribution is 2.31. The van der Waals surface area contributed by atoms with Crippen molar-refractivity contribution in [3.8, 4) is 5.75 Å². The molecule has 3 aromatic rings. The van der Waals surface area contributed by atoms with E-state index in [-0.39, 0.29) is 10.6 Å². The zero-order valence-corrected chi connectivity index (χ0v) is 16.4. The lowest BCUT2D eigenvalue weighted by Gasteiger charge is -2.12. The Balaban J connectivity index is 1.82. The first-order valence-electron chi connectivity index (χ1n) is 8.07. The van der Waals surface area contributed by atoms with Crippen LogP contribution in [0.2, 0.25) is 0 Å². The van der Waals surface area contributed by atoms with Gasteiger partial charge in [0.15, 0.2) is 0 Å². The minimum absolute atomic E-state index is 0.00156. The number of non-ortho nitro benzene ring substituents is 1. The van der Waals surface area contributed by atoms with Gasteiger partial charge in [0.2, 0.25) is 0 Å². The van der Waals surface area contributed by atoms with Crippen LogP contribution in [-0.4, -0.2) is 20.5 Å². The van der Waals surface area contributed by atoms with E-state index in [2.05, 4.69) is 4.72 Å². The molecule has 0 amide bonds. The molecule has 0 aliphatic heterocycles. The maximum Gasteiger partial charge on any atom is 0.269 e. The predicted molar refractivity (Wildman–Crippen MR) is 107 cm³/mol. The molecule has 7 nitrogen and oxygen atoms in total. The SMILES string of the molecule is COc1ccccc1NS(=O)(=O)c1cccc(Sc2ccc([N+](=O)[O-])cc2)c1. The Kier molecular flexibility index (Phi) is 5.86. The molecule has 0 heterocycles. The molecule has 0 fully saturated rings. The molecule has 1 N–H and O–H groups in total. The molecule has 0 spiro atoms. The topological polar surface area (TPSA) is 98.5 Å². The second kappa shape index (κ2) is 8.32. The number of hydrogen-bond acceptors (Lipinski definition) is 6. The van der Waals surface area contributed by atoms with Crippen molar-refractivity contribution in [1.29, 1.82) is 0 Å². The van der Waals surface area contributed by atoms with E-state index in [4.69, 9.17) is 4.74 Å². The molecule has 0 radical (unpaired) electrons. The molecule has 0 saturated heterocycles. The Morgan fingerprint density at radius 2 is 1.68 bits per heavy atom. The van der Waals surface area contributed by atoms with Crippen LogP contribution >= 0.6 is 11.8 Å². The molecular formula is C19H16N2O5S2. The Hall–Kier alpha value is -3.04.